The largest absolute Gasteiger partial charge is 0.798 e. The third-order valence-electron chi connectivity index (χ3n) is 11.3. The molecule has 0 bridgehead atoms. The molecule has 3 N–H and O–H groups in total. The number of pyridine rings is 2. The van der Waals surface area contributed by atoms with Crippen LogP contribution in [0.5, 0.6) is 11.5 Å². The predicted molar refractivity (Wildman–Crippen MR) is 176 cm³/mol. The number of aromatic carboxylic acids is 1. The van der Waals surface area contributed by atoms with Crippen molar-refractivity contribution in [3.05, 3.63) is 73.6 Å². The maximum atomic E-state index is 15.4. The summed E-state index contributed by atoms with van der Waals surface area (Å²) in [5.41, 5.74) is 4.48. The monoisotopic (exact) mass is 728 g/mol. The van der Waals surface area contributed by atoms with Gasteiger partial charge in [-0.3, -0.25) is 9.59 Å². The van der Waals surface area contributed by atoms with Gasteiger partial charge < -0.3 is 39.0 Å². The number of nitrogens with zero attached hydrogens (tertiary/aromatic N) is 3. The summed E-state index contributed by atoms with van der Waals surface area (Å²) in [5.74, 6) is -5.54. The lowest BCUT2D eigenvalue weighted by atomic mass is 9.86. The first-order valence-corrected chi connectivity index (χ1v) is 16.6. The van der Waals surface area contributed by atoms with Gasteiger partial charge in [-0.1, -0.05) is 0 Å². The summed E-state index contributed by atoms with van der Waals surface area (Å²) >= 11 is 0. The highest BCUT2D eigenvalue weighted by molar-refractivity contribution is 6.38. The third-order valence-corrected chi connectivity index (χ3v) is 11.3. The molecule has 12 nitrogen and oxygen atoms in total. The van der Waals surface area contributed by atoms with Gasteiger partial charge in [0.25, 0.3) is 0 Å². The second kappa shape index (κ2) is 11.4. The Labute approximate surface area is 290 Å². The van der Waals surface area contributed by atoms with E-state index in [-0.39, 0.29) is 52.1 Å². The summed E-state index contributed by atoms with van der Waals surface area (Å²) in [6, 6.07) is 1.16. The maximum absolute atomic E-state index is 15.4. The Morgan fingerprint density at radius 3 is 2.10 bits per heavy atom. The van der Waals surface area contributed by atoms with E-state index in [2.05, 4.69) is 4.65 Å². The lowest BCUT2D eigenvalue weighted by molar-refractivity contribution is 0.0682. The zero-order valence-electron chi connectivity index (χ0n) is 27.7. The summed E-state index contributed by atoms with van der Waals surface area (Å²) in [6.45, 7) is 5.00. The summed E-state index contributed by atoms with van der Waals surface area (Å²) in [4.78, 5) is 50.1. The highest BCUT2D eigenvalue weighted by atomic mass is 19.2. The van der Waals surface area contributed by atoms with Gasteiger partial charge in [-0.05, 0) is 51.2 Å². The molecule has 2 saturated carbocycles. The highest BCUT2D eigenvalue weighted by Gasteiger charge is 2.72. The Balaban J connectivity index is 0.000000153. The van der Waals surface area contributed by atoms with Crippen LogP contribution in [0.1, 0.15) is 65.9 Å². The van der Waals surface area contributed by atoms with Crippen LogP contribution in [0.4, 0.5) is 27.5 Å². The minimum Gasteiger partial charge on any atom is -0.487 e. The predicted octanol–water partition coefficient (Wildman–Crippen LogP) is 4.42. The number of ether oxygens (including phenoxy) is 2. The van der Waals surface area contributed by atoms with Crippen LogP contribution in [0.2, 0.25) is 0 Å². The Morgan fingerprint density at radius 1 is 0.923 bits per heavy atom. The van der Waals surface area contributed by atoms with Crippen LogP contribution in [0.15, 0.2) is 34.1 Å². The topological polar surface area (TPSA) is 155 Å². The number of hydrogen-bond acceptors (Lipinski definition) is 9. The first kappa shape index (κ1) is 34.0. The first-order chi connectivity index (χ1) is 24.6. The number of anilines is 1. The molecule has 272 valence electrons. The molecule has 4 aromatic rings. The van der Waals surface area contributed by atoms with E-state index in [0.29, 0.717) is 42.0 Å². The van der Waals surface area contributed by atoms with Crippen molar-refractivity contribution in [2.75, 3.05) is 31.2 Å². The highest BCUT2D eigenvalue weighted by Crippen LogP contribution is 2.70. The maximum Gasteiger partial charge on any atom is 0.798 e. The number of rotatable bonds is 4. The van der Waals surface area contributed by atoms with E-state index in [1.807, 2.05) is 11.8 Å². The molecule has 5 heterocycles. The number of benzene rings is 2. The summed E-state index contributed by atoms with van der Waals surface area (Å²) in [5, 5.41) is 9.09. The van der Waals surface area contributed by atoms with E-state index in [4.69, 9.17) is 15.2 Å². The molecule has 1 saturated heterocycles. The molecule has 2 aliphatic carbocycles. The molecular weight excluding hydrogens is 698 g/mol. The van der Waals surface area contributed by atoms with Gasteiger partial charge in [0, 0.05) is 36.4 Å². The Kier molecular flexibility index (Phi) is 7.48. The molecule has 2 aromatic carbocycles. The van der Waals surface area contributed by atoms with Gasteiger partial charge in [0.1, 0.15) is 30.0 Å². The van der Waals surface area contributed by atoms with E-state index in [0.717, 1.165) is 25.5 Å². The lowest BCUT2D eigenvalue weighted by Gasteiger charge is -2.32. The molecule has 5 aliphatic rings. The Bertz CT molecular complexity index is 2380. The summed E-state index contributed by atoms with van der Waals surface area (Å²) in [6.07, 6.45) is 5.52. The van der Waals surface area contributed by atoms with Crippen LogP contribution in [0.25, 0.3) is 21.8 Å². The van der Waals surface area contributed by atoms with Crippen LogP contribution < -0.4 is 31.0 Å². The molecule has 18 heteroatoms. The van der Waals surface area contributed by atoms with E-state index in [1.165, 1.54) is 16.8 Å². The summed E-state index contributed by atoms with van der Waals surface area (Å²) in [7, 11) is -3.40. The van der Waals surface area contributed by atoms with Gasteiger partial charge in [0.15, 0.2) is 23.1 Å². The third kappa shape index (κ3) is 4.75. The second-order valence-electron chi connectivity index (χ2n) is 14.3. The van der Waals surface area contributed by atoms with Crippen molar-refractivity contribution in [2.24, 2.45) is 17.1 Å². The van der Waals surface area contributed by atoms with Crippen LogP contribution in [0, 0.1) is 28.8 Å². The van der Waals surface area contributed by atoms with Crippen molar-refractivity contribution in [1.29, 1.82) is 0 Å². The lowest BCUT2D eigenvalue weighted by Crippen LogP contribution is -2.47. The average molecular weight is 728 g/mol. The smallest absolute Gasteiger partial charge is 0.487 e. The molecule has 1 spiro atoms. The molecule has 0 amide bonds. The Hall–Kier alpha value is -5.13. The molecule has 2 aromatic heterocycles. The van der Waals surface area contributed by atoms with Gasteiger partial charge in [-0.2, -0.15) is 4.39 Å². The van der Waals surface area contributed by atoms with Gasteiger partial charge in [0.05, 0.1) is 33.9 Å². The number of nitrogens with two attached hydrogens (primary N) is 1. The van der Waals surface area contributed by atoms with E-state index < -0.39 is 65.1 Å². The number of carboxylic acids is 1. The fourth-order valence-corrected chi connectivity index (χ4v) is 8.67. The molecule has 52 heavy (non-hydrogen) atoms. The van der Waals surface area contributed by atoms with Crippen molar-refractivity contribution >= 4 is 46.9 Å². The van der Waals surface area contributed by atoms with E-state index in [1.54, 1.807) is 11.5 Å². The van der Waals surface area contributed by atoms with Crippen molar-refractivity contribution in [3.63, 3.8) is 0 Å². The van der Waals surface area contributed by atoms with Crippen LogP contribution in [-0.2, 0) is 4.65 Å². The number of carboxylic acid groups (broad SMARTS) is 1. The van der Waals surface area contributed by atoms with Crippen molar-refractivity contribution in [2.45, 2.75) is 50.7 Å². The van der Waals surface area contributed by atoms with E-state index in [9.17, 15) is 41.7 Å². The minimum absolute atomic E-state index is 0.0389. The SMILES string of the molecule is C[C@H]1COc2c(F)c(F)cc3c(=O)c(C(=O)OB(F)F)cn1c23.C[C@H]1COc2c(N3CC45CC4CC[C@@]5(N)C3)c(F)cc3c(=O)c(C(=O)O)cn1c23. The average Bonchev–Trinajstić information content (AvgIpc) is 3.61. The first-order valence-electron chi connectivity index (χ1n) is 16.6. The standard InChI is InChI=1S/C21H22FN3O4.C13H8BF4NO4/c1-10-7-29-18-15-12(17(26)13(19(27)28)6-25(10)15)4-14(22)16(18)24-8-20-5-11(20)2-3-21(20,23)9-24;1-5-4-22-12-9(16)8(15)2-6-10(12)19(5)3-7(11(6)20)13(21)23-14(17)18/h4,6,10-11H,2-3,5,7-9,23H2,1H3,(H,27,28);2-3,5H,4H2,1H3/t10-,11?,20?,21+;5-/m00/s1. The molecule has 9 rings (SSSR count). The zero-order valence-corrected chi connectivity index (χ0v) is 27.7. The number of hydrogen-bond donors (Lipinski definition) is 2. The summed E-state index contributed by atoms with van der Waals surface area (Å²) < 4.78 is 85.0. The van der Waals surface area contributed by atoms with Crippen LogP contribution in [0.3, 0.4) is 0 Å². The van der Waals surface area contributed by atoms with Crippen molar-refractivity contribution in [1.82, 2.24) is 9.13 Å². The number of carbonyl (C=O) groups is 2. The number of halogens is 5. The van der Waals surface area contributed by atoms with Gasteiger partial charge in [0.2, 0.25) is 16.7 Å². The molecule has 2 unspecified atom stereocenters. The number of aromatic nitrogens is 2. The normalized spacial score (nSPS) is 26.2. The van der Waals surface area contributed by atoms with Gasteiger partial charge >= 0.3 is 19.4 Å². The molecule has 5 atom stereocenters. The fourth-order valence-electron chi connectivity index (χ4n) is 8.67. The molecule has 3 fully saturated rings. The zero-order chi connectivity index (χ0) is 37.2. The minimum atomic E-state index is -3.40. The van der Waals surface area contributed by atoms with Crippen LogP contribution in [-0.4, -0.2) is 65.5 Å². The Morgan fingerprint density at radius 2 is 1.50 bits per heavy atom. The molecule has 0 radical (unpaired) electrons. The van der Waals surface area contributed by atoms with Crippen LogP contribution >= 0.6 is 0 Å². The van der Waals surface area contributed by atoms with Crippen molar-refractivity contribution in [3.8, 4) is 11.5 Å². The second-order valence-corrected chi connectivity index (χ2v) is 14.3. The van der Waals surface area contributed by atoms with Gasteiger partial charge in [-0.25, -0.2) is 27.0 Å². The number of carbonyl (C=O) groups excluding carboxylic acids is 1. The quantitative estimate of drug-likeness (QED) is 0.228. The molecular formula is C34H30BF5N4O8. The fraction of sp³-hybridized carbons (Fsp3) is 0.412. The van der Waals surface area contributed by atoms with Gasteiger partial charge in [-0.15, -0.1) is 0 Å². The molecule has 3 aliphatic heterocycles. The van der Waals surface area contributed by atoms with E-state index >= 15 is 4.39 Å². The van der Waals surface area contributed by atoms with Crippen molar-refractivity contribution < 1.29 is 50.6 Å².